The number of ether oxygens (including phenoxy) is 1. The number of ketones is 3. The fourth-order valence-electron chi connectivity index (χ4n) is 1.40. The van der Waals surface area contributed by atoms with Crippen LogP contribution in [-0.4, -0.2) is 64.8 Å². The fraction of sp³-hybridized carbons (Fsp3) is 0.714. The van der Waals surface area contributed by atoms with Crippen LogP contribution in [0, 0.1) is 0 Å². The van der Waals surface area contributed by atoms with Crippen molar-refractivity contribution in [3.8, 4) is 0 Å². The summed E-state index contributed by atoms with van der Waals surface area (Å²) in [6.07, 6.45) is 0.222. The molecule has 182 valence electrons. The van der Waals surface area contributed by atoms with Crippen LogP contribution in [0.5, 0.6) is 0 Å². The Balaban J connectivity index is -0.000000100. The van der Waals surface area contributed by atoms with Gasteiger partial charge in [0.2, 0.25) is 0 Å². The predicted molar refractivity (Wildman–Crippen MR) is 112 cm³/mol. The molecule has 0 unspecified atom stereocenters. The minimum absolute atomic E-state index is 0. The normalized spacial score (nSPS) is 8.91. The molecule has 0 N–H and O–H groups in total. The Bertz CT molecular complexity index is 484. The Morgan fingerprint density at radius 2 is 0.750 bits per heavy atom. The van der Waals surface area contributed by atoms with Crippen LogP contribution in [0.4, 0.5) is 0 Å². The first-order chi connectivity index (χ1) is 14.1. The van der Waals surface area contributed by atoms with Crippen LogP contribution in [0.3, 0.4) is 0 Å². The zero-order valence-corrected chi connectivity index (χ0v) is 21.2. The van der Waals surface area contributed by atoms with Gasteiger partial charge in [-0.1, -0.05) is 20.8 Å². The minimum Gasteiger partial charge on any atom is -0.550 e. The molecule has 0 aromatic heterocycles. The second kappa shape index (κ2) is 26.9. The number of carboxylic acids is 3. The standard InChI is InChI=1S/C6H14O.3C5H8O3.Al/c1-5(2)7-6(3)4;3*1-2-4(6)3-5(7)8;/h5-6H,1-4H3;3*2-3H2,1H3,(H,7,8);/q;;;;+3/p-3. The summed E-state index contributed by atoms with van der Waals surface area (Å²) in [5, 5.41) is 28.9. The summed E-state index contributed by atoms with van der Waals surface area (Å²) < 4.78 is 5.25. The minimum atomic E-state index is -1.29. The number of rotatable bonds is 11. The molecule has 0 aromatic carbocycles. The van der Waals surface area contributed by atoms with Gasteiger partial charge in [0.1, 0.15) is 17.3 Å². The van der Waals surface area contributed by atoms with E-state index in [2.05, 4.69) is 0 Å². The Kier molecular flexibility index (Phi) is 33.9. The van der Waals surface area contributed by atoms with Crippen molar-refractivity contribution in [2.45, 2.75) is 99.2 Å². The number of hydrogen-bond donors (Lipinski definition) is 0. The van der Waals surface area contributed by atoms with Gasteiger partial charge in [0, 0.05) is 56.4 Å². The molecule has 0 heterocycles. The van der Waals surface area contributed by atoms with Gasteiger partial charge in [-0.3, -0.25) is 14.4 Å². The molecule has 0 radical (unpaired) electrons. The van der Waals surface area contributed by atoms with Crippen molar-refractivity contribution in [3.05, 3.63) is 0 Å². The molecule has 0 amide bonds. The van der Waals surface area contributed by atoms with Crippen molar-refractivity contribution in [1.82, 2.24) is 0 Å². The Morgan fingerprint density at radius 3 is 0.781 bits per heavy atom. The molecule has 0 spiro atoms. The SMILES string of the molecule is CC(C)OC(C)C.CCC(=O)CC(=O)[O-].CCC(=O)CC(=O)[O-].CCC(=O)CC(=O)[O-].[Al+3]. The van der Waals surface area contributed by atoms with Gasteiger partial charge < -0.3 is 34.4 Å². The molecule has 0 saturated heterocycles. The van der Waals surface area contributed by atoms with Crippen LogP contribution in [0.2, 0.25) is 0 Å². The third-order valence-electron chi connectivity index (χ3n) is 2.75. The van der Waals surface area contributed by atoms with Crippen molar-refractivity contribution in [3.63, 3.8) is 0 Å². The van der Waals surface area contributed by atoms with E-state index in [1.54, 1.807) is 20.8 Å². The molecule has 10 nitrogen and oxygen atoms in total. The van der Waals surface area contributed by atoms with Crippen molar-refractivity contribution in [2.75, 3.05) is 0 Å². The third-order valence-corrected chi connectivity index (χ3v) is 2.75. The summed E-state index contributed by atoms with van der Waals surface area (Å²) in [5.74, 6) is -4.74. The van der Waals surface area contributed by atoms with Crippen molar-refractivity contribution in [1.29, 1.82) is 0 Å². The molecule has 0 fully saturated rings. The average Bonchev–Trinajstić information content (AvgIpc) is 2.60. The molecule has 0 saturated carbocycles. The largest absolute Gasteiger partial charge is 3.00 e. The van der Waals surface area contributed by atoms with Crippen LogP contribution < -0.4 is 15.3 Å². The first-order valence-electron chi connectivity index (χ1n) is 9.92. The van der Waals surface area contributed by atoms with Gasteiger partial charge in [0.05, 0.1) is 12.2 Å². The van der Waals surface area contributed by atoms with Gasteiger partial charge in [-0.15, -0.1) is 0 Å². The molecule has 0 rings (SSSR count). The molecule has 0 bridgehead atoms. The average molecular weight is 474 g/mol. The van der Waals surface area contributed by atoms with Crippen LogP contribution in [0.15, 0.2) is 0 Å². The zero-order chi connectivity index (χ0) is 25.6. The third kappa shape index (κ3) is 51.0. The maximum absolute atomic E-state index is 10.2. The maximum Gasteiger partial charge on any atom is 3.00 e. The monoisotopic (exact) mass is 474 g/mol. The van der Waals surface area contributed by atoms with Gasteiger partial charge in [0.15, 0.2) is 0 Å². The number of carbonyl (C=O) groups is 6. The molecule has 0 atom stereocenters. The molecular formula is C21H35AlO10. The first kappa shape index (κ1) is 40.3. The van der Waals surface area contributed by atoms with Crippen molar-refractivity contribution >= 4 is 52.6 Å². The number of Topliss-reactive ketones (excluding diaryl/α,β-unsaturated/α-hetero) is 3. The Morgan fingerprint density at radius 1 is 0.562 bits per heavy atom. The van der Waals surface area contributed by atoms with E-state index in [9.17, 15) is 44.1 Å². The van der Waals surface area contributed by atoms with E-state index in [0.29, 0.717) is 12.2 Å². The molecular weight excluding hydrogens is 439 g/mol. The van der Waals surface area contributed by atoms with Crippen molar-refractivity contribution in [2.24, 2.45) is 0 Å². The van der Waals surface area contributed by atoms with E-state index in [-0.39, 0.29) is 54.0 Å². The fourth-order valence-corrected chi connectivity index (χ4v) is 1.40. The van der Waals surface area contributed by atoms with Crippen LogP contribution in [0.1, 0.15) is 87.0 Å². The maximum atomic E-state index is 10.2. The molecule has 32 heavy (non-hydrogen) atoms. The van der Waals surface area contributed by atoms with Crippen molar-refractivity contribution < 1.29 is 48.8 Å². The number of hydrogen-bond acceptors (Lipinski definition) is 10. The molecule has 0 aliphatic carbocycles. The smallest absolute Gasteiger partial charge is 0.550 e. The van der Waals surface area contributed by atoms with Crippen LogP contribution in [-0.2, 0) is 33.5 Å². The second-order valence-electron chi connectivity index (χ2n) is 6.56. The van der Waals surface area contributed by atoms with E-state index < -0.39 is 37.2 Å². The topological polar surface area (TPSA) is 181 Å². The first-order valence-corrected chi connectivity index (χ1v) is 9.92. The number of carboxylic acid groups (broad SMARTS) is 3. The quantitative estimate of drug-likeness (QED) is 0.259. The Hall–Kier alpha value is -2.09. The van der Waals surface area contributed by atoms with Gasteiger partial charge in [0.25, 0.3) is 0 Å². The van der Waals surface area contributed by atoms with Gasteiger partial charge >= 0.3 is 17.4 Å². The summed E-state index contributed by atoms with van der Waals surface area (Å²) in [7, 11) is 0. The summed E-state index contributed by atoms with van der Waals surface area (Å²) in [5.41, 5.74) is 0. The van der Waals surface area contributed by atoms with Gasteiger partial charge in [-0.2, -0.15) is 0 Å². The number of carbonyl (C=O) groups excluding carboxylic acids is 6. The number of aliphatic carboxylic acids is 3. The van der Waals surface area contributed by atoms with Gasteiger partial charge in [-0.05, 0) is 27.7 Å². The summed E-state index contributed by atoms with van der Waals surface area (Å²) in [6.45, 7) is 13.0. The molecule has 0 aliphatic rings. The Labute approximate surface area is 200 Å². The molecule has 11 heteroatoms. The van der Waals surface area contributed by atoms with E-state index in [1.807, 2.05) is 27.7 Å². The summed E-state index contributed by atoms with van der Waals surface area (Å²) in [6, 6.07) is 0. The van der Waals surface area contributed by atoms with E-state index in [0.717, 1.165) is 0 Å². The summed E-state index contributed by atoms with van der Waals surface area (Å²) >= 11 is 0. The van der Waals surface area contributed by atoms with Gasteiger partial charge in [-0.25, -0.2) is 0 Å². The molecule has 0 aliphatic heterocycles. The van der Waals surface area contributed by atoms with E-state index >= 15 is 0 Å². The summed E-state index contributed by atoms with van der Waals surface area (Å²) in [4.78, 5) is 59.5. The predicted octanol–water partition coefficient (Wildman–Crippen LogP) is -1.24. The zero-order valence-electron chi connectivity index (χ0n) is 20.1. The molecule has 0 aromatic rings. The van der Waals surface area contributed by atoms with E-state index in [4.69, 9.17) is 4.74 Å². The second-order valence-corrected chi connectivity index (χ2v) is 6.56. The van der Waals surface area contributed by atoms with E-state index in [1.165, 1.54) is 0 Å². The van der Waals surface area contributed by atoms with Crippen LogP contribution in [0.25, 0.3) is 0 Å². The van der Waals surface area contributed by atoms with Crippen LogP contribution >= 0.6 is 0 Å².